The van der Waals surface area contributed by atoms with Gasteiger partial charge in [0, 0.05) is 12.1 Å². The van der Waals surface area contributed by atoms with E-state index in [0.29, 0.717) is 17.7 Å². The van der Waals surface area contributed by atoms with Gasteiger partial charge in [0.05, 0.1) is 0 Å². The zero-order valence-electron chi connectivity index (χ0n) is 16.2. The molecular weight excluding hydrogens is 326 g/mol. The molecule has 4 heteroatoms. The van der Waals surface area contributed by atoms with Crippen LogP contribution in [0.2, 0.25) is 0 Å². The number of rotatable bonds is 8. The van der Waals surface area contributed by atoms with Crippen molar-refractivity contribution in [2.24, 2.45) is 0 Å². The quantitative estimate of drug-likeness (QED) is 0.737. The van der Waals surface area contributed by atoms with Gasteiger partial charge in [0.2, 0.25) is 5.60 Å². The molecule has 0 aliphatic heterocycles. The number of likely N-dealkylation sites (N-methyl/N-ethyl adjacent to an activating group) is 1. The van der Waals surface area contributed by atoms with Gasteiger partial charge in [-0.2, -0.15) is 0 Å². The molecule has 1 atom stereocenters. The number of nitrogens with zero attached hydrogens (tertiary/aromatic N) is 1. The van der Waals surface area contributed by atoms with Gasteiger partial charge in [-0.25, -0.2) is 4.79 Å². The Morgan fingerprint density at radius 3 is 2.31 bits per heavy atom. The molecule has 0 aliphatic rings. The summed E-state index contributed by atoms with van der Waals surface area (Å²) in [5.41, 5.74) is 1.19. The Morgan fingerprint density at radius 2 is 1.73 bits per heavy atom. The third-order valence-corrected chi connectivity index (χ3v) is 4.79. The van der Waals surface area contributed by atoms with Crippen LogP contribution < -0.4 is 0 Å². The monoisotopic (exact) mass is 355 g/mol. The first-order chi connectivity index (χ1) is 12.4. The molecule has 1 unspecified atom stereocenters. The van der Waals surface area contributed by atoms with E-state index in [0.717, 1.165) is 24.2 Å². The zero-order chi connectivity index (χ0) is 19.2. The van der Waals surface area contributed by atoms with Crippen LogP contribution in [0.1, 0.15) is 36.1 Å². The van der Waals surface area contributed by atoms with Crippen LogP contribution in [0.15, 0.2) is 48.5 Å². The number of hydrogen-bond acceptors (Lipinski definition) is 4. The number of benzene rings is 2. The van der Waals surface area contributed by atoms with Gasteiger partial charge in [0.1, 0.15) is 6.61 Å². The SMILES string of the molecule is CCN(CC)CCOC(=O)C(O)(c1ccccc1)c1ccc(C)cc1C. The topological polar surface area (TPSA) is 49.8 Å². The smallest absolute Gasteiger partial charge is 0.347 e. The summed E-state index contributed by atoms with van der Waals surface area (Å²) >= 11 is 0. The summed E-state index contributed by atoms with van der Waals surface area (Å²) in [6.45, 7) is 10.7. The van der Waals surface area contributed by atoms with Gasteiger partial charge < -0.3 is 14.7 Å². The fourth-order valence-electron chi connectivity index (χ4n) is 3.19. The summed E-state index contributed by atoms with van der Waals surface area (Å²) in [5.74, 6) is -0.636. The predicted molar refractivity (Wildman–Crippen MR) is 104 cm³/mol. The van der Waals surface area contributed by atoms with E-state index >= 15 is 0 Å². The second-order valence-corrected chi connectivity index (χ2v) is 6.56. The molecule has 140 valence electrons. The lowest BCUT2D eigenvalue weighted by molar-refractivity contribution is -0.162. The lowest BCUT2D eigenvalue weighted by Crippen LogP contribution is -2.40. The molecule has 4 nitrogen and oxygen atoms in total. The lowest BCUT2D eigenvalue weighted by atomic mass is 9.83. The number of ether oxygens (including phenoxy) is 1. The van der Waals surface area contributed by atoms with E-state index < -0.39 is 11.6 Å². The summed E-state index contributed by atoms with van der Waals surface area (Å²) < 4.78 is 5.50. The maximum absolute atomic E-state index is 13.0. The van der Waals surface area contributed by atoms with Gasteiger partial charge in [-0.1, -0.05) is 67.9 Å². The Bertz CT molecular complexity index is 725. The number of hydrogen-bond donors (Lipinski definition) is 1. The van der Waals surface area contributed by atoms with E-state index in [1.807, 2.05) is 50.2 Å². The first kappa shape index (κ1) is 20.1. The van der Waals surface area contributed by atoms with Crippen molar-refractivity contribution >= 4 is 5.97 Å². The van der Waals surface area contributed by atoms with E-state index in [1.165, 1.54) is 0 Å². The molecule has 2 aromatic rings. The van der Waals surface area contributed by atoms with Gasteiger partial charge in [0.15, 0.2) is 0 Å². The normalized spacial score (nSPS) is 13.5. The van der Waals surface area contributed by atoms with Crippen molar-refractivity contribution in [1.29, 1.82) is 0 Å². The Balaban J connectivity index is 2.34. The summed E-state index contributed by atoms with van der Waals surface area (Å²) in [6, 6.07) is 14.7. The predicted octanol–water partition coefficient (Wildman–Crippen LogP) is 3.42. The van der Waals surface area contributed by atoms with Crippen LogP contribution in [-0.2, 0) is 15.1 Å². The largest absolute Gasteiger partial charge is 0.462 e. The molecule has 0 saturated carbocycles. The minimum Gasteiger partial charge on any atom is -0.462 e. The van der Waals surface area contributed by atoms with Crippen molar-refractivity contribution in [2.75, 3.05) is 26.2 Å². The molecule has 0 aromatic heterocycles. The third kappa shape index (κ3) is 4.32. The standard InChI is InChI=1S/C22H29NO3/c1-5-23(6-2)14-15-26-21(24)22(25,19-10-8-7-9-11-19)20-13-12-17(3)16-18(20)4/h7-13,16,25H,5-6,14-15H2,1-4H3. The number of carbonyl (C=O) groups is 1. The van der Waals surface area contributed by atoms with E-state index in [4.69, 9.17) is 4.74 Å². The van der Waals surface area contributed by atoms with Crippen LogP contribution in [0.5, 0.6) is 0 Å². The molecule has 0 spiro atoms. The van der Waals surface area contributed by atoms with Crippen molar-refractivity contribution in [1.82, 2.24) is 4.90 Å². The first-order valence-corrected chi connectivity index (χ1v) is 9.18. The van der Waals surface area contributed by atoms with Gasteiger partial charge in [-0.15, -0.1) is 0 Å². The summed E-state index contributed by atoms with van der Waals surface area (Å²) in [7, 11) is 0. The fourth-order valence-corrected chi connectivity index (χ4v) is 3.19. The average Bonchev–Trinajstić information content (AvgIpc) is 2.65. The van der Waals surface area contributed by atoms with Gasteiger partial charge in [-0.05, 0) is 38.1 Å². The third-order valence-electron chi connectivity index (χ3n) is 4.79. The minimum atomic E-state index is -1.82. The molecule has 0 bridgehead atoms. The summed E-state index contributed by atoms with van der Waals surface area (Å²) in [5, 5.41) is 11.5. The van der Waals surface area contributed by atoms with Crippen molar-refractivity contribution in [3.05, 3.63) is 70.8 Å². The highest BCUT2D eigenvalue weighted by Crippen LogP contribution is 2.33. The molecule has 0 heterocycles. The number of aryl methyl sites for hydroxylation is 2. The summed E-state index contributed by atoms with van der Waals surface area (Å²) in [4.78, 5) is 15.1. The fraction of sp³-hybridized carbons (Fsp3) is 0.409. The number of esters is 1. The van der Waals surface area contributed by atoms with Crippen molar-refractivity contribution in [3.63, 3.8) is 0 Å². The van der Waals surface area contributed by atoms with E-state index in [9.17, 15) is 9.90 Å². The van der Waals surface area contributed by atoms with Crippen LogP contribution in [0, 0.1) is 13.8 Å². The summed E-state index contributed by atoms with van der Waals surface area (Å²) in [6.07, 6.45) is 0. The van der Waals surface area contributed by atoms with Crippen LogP contribution in [0.3, 0.4) is 0 Å². The maximum atomic E-state index is 13.0. The Labute approximate surface area is 156 Å². The Morgan fingerprint density at radius 1 is 1.08 bits per heavy atom. The van der Waals surface area contributed by atoms with Crippen molar-refractivity contribution < 1.29 is 14.6 Å². The van der Waals surface area contributed by atoms with Crippen LogP contribution in [0.4, 0.5) is 0 Å². The Hall–Kier alpha value is -2.17. The van der Waals surface area contributed by atoms with Gasteiger partial charge in [0.25, 0.3) is 0 Å². The highest BCUT2D eigenvalue weighted by molar-refractivity contribution is 5.86. The van der Waals surface area contributed by atoms with E-state index in [1.54, 1.807) is 12.1 Å². The Kier molecular flexibility index (Phi) is 6.95. The second kappa shape index (κ2) is 8.97. The van der Waals surface area contributed by atoms with Crippen molar-refractivity contribution in [2.45, 2.75) is 33.3 Å². The molecule has 1 N–H and O–H groups in total. The average molecular weight is 355 g/mol. The molecule has 0 amide bonds. The molecule has 26 heavy (non-hydrogen) atoms. The molecule has 2 aromatic carbocycles. The molecule has 2 rings (SSSR count). The van der Waals surface area contributed by atoms with E-state index in [-0.39, 0.29) is 6.61 Å². The maximum Gasteiger partial charge on any atom is 0.347 e. The molecule has 0 aliphatic carbocycles. The highest BCUT2D eigenvalue weighted by Gasteiger charge is 2.42. The van der Waals surface area contributed by atoms with Gasteiger partial charge >= 0.3 is 5.97 Å². The molecular formula is C22H29NO3. The van der Waals surface area contributed by atoms with E-state index in [2.05, 4.69) is 18.7 Å². The second-order valence-electron chi connectivity index (χ2n) is 6.56. The first-order valence-electron chi connectivity index (χ1n) is 9.18. The number of aliphatic hydroxyl groups is 1. The van der Waals surface area contributed by atoms with Crippen molar-refractivity contribution in [3.8, 4) is 0 Å². The minimum absolute atomic E-state index is 0.251. The van der Waals surface area contributed by atoms with Crippen LogP contribution in [0.25, 0.3) is 0 Å². The highest BCUT2D eigenvalue weighted by atomic mass is 16.5. The number of carbonyl (C=O) groups excluding carboxylic acids is 1. The zero-order valence-corrected chi connectivity index (χ0v) is 16.2. The molecule has 0 fully saturated rings. The van der Waals surface area contributed by atoms with Crippen LogP contribution >= 0.6 is 0 Å². The van der Waals surface area contributed by atoms with Crippen LogP contribution in [-0.4, -0.2) is 42.2 Å². The lowest BCUT2D eigenvalue weighted by Gasteiger charge is -2.29. The van der Waals surface area contributed by atoms with Gasteiger partial charge in [-0.3, -0.25) is 0 Å². The molecule has 0 radical (unpaired) electrons. The molecule has 0 saturated heterocycles.